The number of carbonyl (C=O) groups is 3. The number of hydrogen-bond donors (Lipinski definition) is 2. The molecule has 140 valence electrons. The van der Waals surface area contributed by atoms with Crippen LogP contribution in [0.2, 0.25) is 0 Å². The third-order valence-corrected chi connectivity index (χ3v) is 7.44. The molecule has 3 atom stereocenters. The van der Waals surface area contributed by atoms with Gasteiger partial charge in [-0.05, 0) is 18.4 Å². The average Bonchev–Trinajstić information content (AvgIpc) is 2.63. The van der Waals surface area contributed by atoms with E-state index in [-0.39, 0.29) is 16.7 Å². The van der Waals surface area contributed by atoms with Crippen LogP contribution in [-0.2, 0) is 19.2 Å². The number of rotatable bonds is 5. The zero-order chi connectivity index (χ0) is 18.8. The van der Waals surface area contributed by atoms with Crippen molar-refractivity contribution in [3.63, 3.8) is 0 Å². The first-order valence-electron chi connectivity index (χ1n) is 7.74. The molecule has 2 unspecified atom stereocenters. The zero-order valence-corrected chi connectivity index (χ0v) is 16.4. The van der Waals surface area contributed by atoms with Gasteiger partial charge in [-0.25, -0.2) is 4.79 Å². The first-order valence-corrected chi connectivity index (χ1v) is 10.7. The molecule has 0 spiro atoms. The van der Waals surface area contributed by atoms with Gasteiger partial charge in [0.1, 0.15) is 24.2 Å². The zero-order valence-electron chi connectivity index (χ0n) is 14.0. The summed E-state index contributed by atoms with van der Waals surface area (Å²) in [5, 5.41) is 17.1. The van der Waals surface area contributed by atoms with Gasteiger partial charge in [0.15, 0.2) is 5.71 Å². The van der Waals surface area contributed by atoms with E-state index in [2.05, 4.69) is 10.5 Å². The van der Waals surface area contributed by atoms with Gasteiger partial charge in [0, 0.05) is 21.7 Å². The number of fused-ring (bicyclic) bond motifs is 1. The predicted octanol–water partition coefficient (Wildman–Crippen LogP) is 1.07. The van der Waals surface area contributed by atoms with Crippen molar-refractivity contribution in [3.05, 3.63) is 22.1 Å². The van der Waals surface area contributed by atoms with Crippen molar-refractivity contribution >= 4 is 58.8 Å². The lowest BCUT2D eigenvalue weighted by molar-refractivity contribution is -0.150. The standard InChI is InChI=1S/C15H17N3O5S3/c1-7-5-8(15(21)22)18-13(20)11(14(18)26-7)16-12(19)10(17-23-2)9-6-24-3-4-25-9/h5-7,11,14H,3-4H2,1-2H3,(H,16,19)(H,21,22)/t7?,11?,14-/m0/s1. The number of thioether (sulfide) groups is 3. The number of carboxylic acids is 1. The number of oxime groups is 1. The second-order valence-electron chi connectivity index (χ2n) is 5.57. The molecule has 0 aromatic heterocycles. The minimum atomic E-state index is -1.15. The summed E-state index contributed by atoms with van der Waals surface area (Å²) in [5.41, 5.74) is 0.0864. The summed E-state index contributed by atoms with van der Waals surface area (Å²) in [6.45, 7) is 1.85. The maximum Gasteiger partial charge on any atom is 0.352 e. The largest absolute Gasteiger partial charge is 0.477 e. The number of aliphatic carboxylic acids is 1. The van der Waals surface area contributed by atoms with Crippen LogP contribution < -0.4 is 5.32 Å². The minimum Gasteiger partial charge on any atom is -0.477 e. The molecule has 0 bridgehead atoms. The van der Waals surface area contributed by atoms with Crippen molar-refractivity contribution in [2.75, 3.05) is 18.6 Å². The summed E-state index contributed by atoms with van der Waals surface area (Å²) in [7, 11) is 1.35. The van der Waals surface area contributed by atoms with Gasteiger partial charge < -0.3 is 15.3 Å². The van der Waals surface area contributed by atoms with E-state index in [1.165, 1.54) is 41.6 Å². The van der Waals surface area contributed by atoms with Crippen LogP contribution in [0.1, 0.15) is 6.92 Å². The van der Waals surface area contributed by atoms with Crippen LogP contribution in [0, 0.1) is 0 Å². The van der Waals surface area contributed by atoms with E-state index in [0.29, 0.717) is 4.91 Å². The van der Waals surface area contributed by atoms with E-state index < -0.39 is 29.2 Å². The first-order chi connectivity index (χ1) is 12.4. The summed E-state index contributed by atoms with van der Waals surface area (Å²) < 4.78 is 0. The second kappa shape index (κ2) is 7.97. The Labute approximate surface area is 162 Å². The maximum absolute atomic E-state index is 12.7. The molecule has 2 N–H and O–H groups in total. The van der Waals surface area contributed by atoms with Gasteiger partial charge in [-0.3, -0.25) is 14.5 Å². The van der Waals surface area contributed by atoms with Crippen molar-refractivity contribution in [2.45, 2.75) is 23.6 Å². The van der Waals surface area contributed by atoms with Gasteiger partial charge in [0.2, 0.25) is 0 Å². The third kappa shape index (κ3) is 3.60. The van der Waals surface area contributed by atoms with Crippen LogP contribution in [0.15, 0.2) is 27.2 Å². The van der Waals surface area contributed by atoms with Gasteiger partial charge in [-0.1, -0.05) is 5.16 Å². The van der Waals surface area contributed by atoms with Gasteiger partial charge >= 0.3 is 5.97 Å². The molecule has 2 amide bonds. The minimum absolute atomic E-state index is 0.0375. The first kappa shape index (κ1) is 19.2. The van der Waals surface area contributed by atoms with Gasteiger partial charge in [-0.15, -0.1) is 35.3 Å². The van der Waals surface area contributed by atoms with E-state index >= 15 is 0 Å². The second-order valence-corrected chi connectivity index (χ2v) is 9.18. The molecule has 0 aromatic rings. The Hall–Kier alpha value is -1.59. The lowest BCUT2D eigenvalue weighted by Gasteiger charge is -2.49. The predicted molar refractivity (Wildman–Crippen MR) is 103 cm³/mol. The highest BCUT2D eigenvalue weighted by atomic mass is 32.2. The van der Waals surface area contributed by atoms with Crippen LogP contribution >= 0.6 is 35.3 Å². The molecule has 0 saturated carbocycles. The summed E-state index contributed by atoms with van der Waals surface area (Å²) in [6.07, 6.45) is 1.54. The molecule has 1 saturated heterocycles. The van der Waals surface area contributed by atoms with Gasteiger partial charge in [0.25, 0.3) is 11.8 Å². The van der Waals surface area contributed by atoms with E-state index in [0.717, 1.165) is 11.5 Å². The van der Waals surface area contributed by atoms with Crippen LogP contribution in [0.5, 0.6) is 0 Å². The Morgan fingerprint density at radius 2 is 2.19 bits per heavy atom. The van der Waals surface area contributed by atoms with E-state index in [9.17, 15) is 19.5 Å². The van der Waals surface area contributed by atoms with E-state index in [1.807, 2.05) is 12.3 Å². The molecule has 8 nitrogen and oxygen atoms in total. The smallest absolute Gasteiger partial charge is 0.352 e. The Kier molecular flexibility index (Phi) is 5.88. The van der Waals surface area contributed by atoms with Crippen molar-refractivity contribution in [1.82, 2.24) is 10.2 Å². The van der Waals surface area contributed by atoms with Crippen LogP contribution in [0.3, 0.4) is 0 Å². The summed E-state index contributed by atoms with van der Waals surface area (Å²) in [6, 6.07) is -0.790. The fourth-order valence-corrected chi connectivity index (χ4v) is 6.11. The SMILES string of the molecule is CON=C(C(=O)NC1C(=O)N2C(C(=O)O)=CC(C)S[C@@H]12)C1=CSCCS1. The normalized spacial score (nSPS) is 28.4. The number of carbonyl (C=O) groups excluding carboxylic acids is 2. The molecule has 11 heteroatoms. The Bertz CT molecular complexity index is 736. The summed E-state index contributed by atoms with van der Waals surface area (Å²) in [4.78, 5) is 43.1. The van der Waals surface area contributed by atoms with Crippen LogP contribution in [0.4, 0.5) is 0 Å². The van der Waals surface area contributed by atoms with Crippen molar-refractivity contribution in [3.8, 4) is 0 Å². The maximum atomic E-state index is 12.7. The number of carboxylic acid groups (broad SMARTS) is 1. The number of amides is 2. The highest BCUT2D eigenvalue weighted by Crippen LogP contribution is 2.40. The lowest BCUT2D eigenvalue weighted by atomic mass is 10.0. The van der Waals surface area contributed by atoms with E-state index in [1.54, 1.807) is 11.8 Å². The molecule has 0 radical (unpaired) electrons. The fourth-order valence-electron chi connectivity index (χ4n) is 2.72. The summed E-state index contributed by atoms with van der Waals surface area (Å²) >= 11 is 4.51. The monoisotopic (exact) mass is 415 g/mol. The average molecular weight is 416 g/mol. The van der Waals surface area contributed by atoms with Gasteiger partial charge in [0.05, 0.1) is 0 Å². The topological polar surface area (TPSA) is 108 Å². The van der Waals surface area contributed by atoms with Gasteiger partial charge in [-0.2, -0.15) is 0 Å². The molecule has 0 aliphatic carbocycles. The highest BCUT2D eigenvalue weighted by Gasteiger charge is 2.54. The molecule has 3 heterocycles. The van der Waals surface area contributed by atoms with Crippen LogP contribution in [-0.4, -0.2) is 68.8 Å². The number of hydrogen-bond acceptors (Lipinski definition) is 8. The van der Waals surface area contributed by atoms with Crippen LogP contribution in [0.25, 0.3) is 0 Å². The third-order valence-electron chi connectivity index (χ3n) is 3.84. The molecule has 1 fully saturated rings. The molecule has 3 aliphatic rings. The number of β-lactam (4-membered cyclic amide) rings is 1. The number of nitrogens with one attached hydrogen (secondary N) is 1. The fraction of sp³-hybridized carbons (Fsp3) is 0.467. The van der Waals surface area contributed by atoms with E-state index in [4.69, 9.17) is 4.84 Å². The van der Waals surface area contributed by atoms with Crippen molar-refractivity contribution < 1.29 is 24.3 Å². The van der Waals surface area contributed by atoms with Crippen molar-refractivity contribution in [2.24, 2.45) is 5.16 Å². The Balaban J connectivity index is 1.75. The summed E-state index contributed by atoms with van der Waals surface area (Å²) in [5.74, 6) is -0.292. The molecule has 26 heavy (non-hydrogen) atoms. The molecule has 3 rings (SSSR count). The quantitative estimate of drug-likeness (QED) is 0.390. The highest BCUT2D eigenvalue weighted by molar-refractivity contribution is 8.10. The molecule has 3 aliphatic heterocycles. The Morgan fingerprint density at radius 1 is 1.42 bits per heavy atom. The molecular formula is C15H17N3O5S3. The molecular weight excluding hydrogens is 398 g/mol. The number of nitrogens with zero attached hydrogens (tertiary/aromatic N) is 2. The molecule has 0 aromatic carbocycles. The van der Waals surface area contributed by atoms with Crippen molar-refractivity contribution in [1.29, 1.82) is 0 Å². The lowest BCUT2D eigenvalue weighted by Crippen LogP contribution is -2.71. The Morgan fingerprint density at radius 3 is 2.81 bits per heavy atom.